The Labute approximate surface area is 67.9 Å². The number of carbonyl (C=O) groups excluding carboxylic acids is 1. The predicted octanol–water partition coefficient (Wildman–Crippen LogP) is 2.13. The number of hydrogen-bond acceptors (Lipinski definition) is 2. The molecule has 0 aromatic heterocycles. The van der Waals surface area contributed by atoms with Gasteiger partial charge in [-0.3, -0.25) is 4.79 Å². The zero-order valence-electron chi connectivity index (χ0n) is 7.30. The Hall–Kier alpha value is -0.530. The number of cyclic esters (lactones) is 1. The smallest absolute Gasteiger partial charge is 0.306 e. The molecule has 2 atom stereocenters. The van der Waals surface area contributed by atoms with Gasteiger partial charge in [0, 0.05) is 5.92 Å². The lowest BCUT2D eigenvalue weighted by Gasteiger charge is -2.10. The lowest BCUT2D eigenvalue weighted by molar-refractivity contribution is -0.140. The molecule has 1 rings (SSSR count). The molecule has 0 amide bonds. The normalized spacial score (nSPS) is 30.5. The van der Waals surface area contributed by atoms with Gasteiger partial charge in [0.25, 0.3) is 0 Å². The molecule has 0 aromatic carbocycles. The maximum atomic E-state index is 10.8. The molecule has 0 unspecified atom stereocenters. The molecular weight excluding hydrogens is 140 g/mol. The van der Waals surface area contributed by atoms with Crippen LogP contribution in [-0.4, -0.2) is 12.1 Å². The molecule has 1 saturated heterocycles. The van der Waals surface area contributed by atoms with Gasteiger partial charge in [-0.15, -0.1) is 0 Å². The molecule has 1 aliphatic heterocycles. The first kappa shape index (κ1) is 8.57. The topological polar surface area (TPSA) is 26.3 Å². The van der Waals surface area contributed by atoms with Crippen LogP contribution in [0, 0.1) is 5.92 Å². The van der Waals surface area contributed by atoms with E-state index in [9.17, 15) is 4.79 Å². The Balaban J connectivity index is 2.28. The quantitative estimate of drug-likeness (QED) is 0.585. The molecule has 0 radical (unpaired) electrons. The zero-order valence-corrected chi connectivity index (χ0v) is 7.30. The van der Waals surface area contributed by atoms with Crippen molar-refractivity contribution in [2.75, 3.05) is 0 Å². The van der Waals surface area contributed by atoms with Gasteiger partial charge < -0.3 is 4.74 Å². The molecule has 64 valence electrons. The first-order chi connectivity index (χ1) is 5.24. The Kier molecular flexibility index (Phi) is 2.92. The van der Waals surface area contributed by atoms with Gasteiger partial charge in [-0.1, -0.05) is 19.8 Å². The molecule has 0 aromatic rings. The monoisotopic (exact) mass is 156 g/mol. The highest BCUT2D eigenvalue weighted by molar-refractivity contribution is 5.71. The Morgan fingerprint density at radius 3 is 2.82 bits per heavy atom. The van der Waals surface area contributed by atoms with Gasteiger partial charge in [0.1, 0.15) is 6.10 Å². The summed E-state index contributed by atoms with van der Waals surface area (Å²) in [5.41, 5.74) is 0. The van der Waals surface area contributed by atoms with Crippen LogP contribution in [0.5, 0.6) is 0 Å². The first-order valence-electron chi connectivity index (χ1n) is 4.43. The van der Waals surface area contributed by atoms with Crippen molar-refractivity contribution in [3.05, 3.63) is 0 Å². The van der Waals surface area contributed by atoms with Crippen LogP contribution in [0.4, 0.5) is 0 Å². The summed E-state index contributed by atoms with van der Waals surface area (Å²) in [6, 6.07) is 0. The average Bonchev–Trinajstić information content (AvgIpc) is 2.26. The lowest BCUT2D eigenvalue weighted by Crippen LogP contribution is -2.10. The van der Waals surface area contributed by atoms with E-state index in [1.807, 2.05) is 6.92 Å². The van der Waals surface area contributed by atoms with Gasteiger partial charge >= 0.3 is 5.97 Å². The summed E-state index contributed by atoms with van der Waals surface area (Å²) in [7, 11) is 0. The highest BCUT2D eigenvalue weighted by Gasteiger charge is 2.30. The van der Waals surface area contributed by atoms with Crippen LogP contribution in [0.1, 0.15) is 39.5 Å². The van der Waals surface area contributed by atoms with Crippen LogP contribution in [0.3, 0.4) is 0 Å². The summed E-state index contributed by atoms with van der Waals surface area (Å²) in [6.45, 7) is 4.16. The van der Waals surface area contributed by atoms with Gasteiger partial charge in [-0.2, -0.15) is 0 Å². The van der Waals surface area contributed by atoms with Crippen LogP contribution in [-0.2, 0) is 9.53 Å². The van der Waals surface area contributed by atoms with E-state index in [4.69, 9.17) is 4.74 Å². The molecule has 1 heterocycles. The SMILES string of the molecule is CCCC[C@@H]1CC(=O)O[C@@H]1C. The number of rotatable bonds is 3. The molecular formula is C9H16O2. The Morgan fingerprint density at radius 2 is 2.36 bits per heavy atom. The summed E-state index contributed by atoms with van der Waals surface area (Å²) in [6.07, 6.45) is 4.36. The van der Waals surface area contributed by atoms with Gasteiger partial charge in [-0.25, -0.2) is 0 Å². The fourth-order valence-corrected chi connectivity index (χ4v) is 1.53. The third-order valence-electron chi connectivity index (χ3n) is 2.34. The molecule has 1 aliphatic rings. The van der Waals surface area contributed by atoms with Crippen molar-refractivity contribution in [1.29, 1.82) is 0 Å². The van der Waals surface area contributed by atoms with Gasteiger partial charge in [-0.05, 0) is 13.3 Å². The fraction of sp³-hybridized carbons (Fsp3) is 0.889. The second-order valence-electron chi connectivity index (χ2n) is 3.30. The van der Waals surface area contributed by atoms with Crippen molar-refractivity contribution in [2.45, 2.75) is 45.6 Å². The van der Waals surface area contributed by atoms with Crippen molar-refractivity contribution in [3.8, 4) is 0 Å². The van der Waals surface area contributed by atoms with Crippen molar-refractivity contribution in [2.24, 2.45) is 5.92 Å². The van der Waals surface area contributed by atoms with Crippen LogP contribution >= 0.6 is 0 Å². The molecule has 0 spiro atoms. The Morgan fingerprint density at radius 1 is 1.64 bits per heavy atom. The minimum atomic E-state index is -0.0152. The molecule has 2 nitrogen and oxygen atoms in total. The van der Waals surface area contributed by atoms with Crippen molar-refractivity contribution in [3.63, 3.8) is 0 Å². The molecule has 11 heavy (non-hydrogen) atoms. The maximum absolute atomic E-state index is 10.8. The molecule has 0 N–H and O–H groups in total. The van der Waals surface area contributed by atoms with Gasteiger partial charge in [0.15, 0.2) is 0 Å². The second kappa shape index (κ2) is 3.74. The molecule has 2 heteroatoms. The van der Waals surface area contributed by atoms with Gasteiger partial charge in [0.05, 0.1) is 6.42 Å². The van der Waals surface area contributed by atoms with E-state index in [0.717, 1.165) is 6.42 Å². The van der Waals surface area contributed by atoms with Crippen LogP contribution < -0.4 is 0 Å². The van der Waals surface area contributed by atoms with Crippen LogP contribution in [0.15, 0.2) is 0 Å². The van der Waals surface area contributed by atoms with E-state index >= 15 is 0 Å². The zero-order chi connectivity index (χ0) is 8.27. The molecule has 0 saturated carbocycles. The lowest BCUT2D eigenvalue weighted by atomic mass is 9.96. The van der Waals surface area contributed by atoms with Crippen molar-refractivity contribution in [1.82, 2.24) is 0 Å². The van der Waals surface area contributed by atoms with Crippen LogP contribution in [0.2, 0.25) is 0 Å². The highest BCUT2D eigenvalue weighted by Crippen LogP contribution is 2.26. The van der Waals surface area contributed by atoms with E-state index in [2.05, 4.69) is 6.92 Å². The van der Waals surface area contributed by atoms with E-state index in [0.29, 0.717) is 12.3 Å². The van der Waals surface area contributed by atoms with Crippen molar-refractivity contribution < 1.29 is 9.53 Å². The minimum Gasteiger partial charge on any atom is -0.462 e. The third-order valence-corrected chi connectivity index (χ3v) is 2.34. The summed E-state index contributed by atoms with van der Waals surface area (Å²) >= 11 is 0. The molecule has 0 aliphatic carbocycles. The van der Waals surface area contributed by atoms with Crippen LogP contribution in [0.25, 0.3) is 0 Å². The van der Waals surface area contributed by atoms with Crippen molar-refractivity contribution >= 4 is 5.97 Å². The summed E-state index contributed by atoms with van der Waals surface area (Å²) in [4.78, 5) is 10.8. The first-order valence-corrected chi connectivity index (χ1v) is 4.43. The average molecular weight is 156 g/mol. The number of carbonyl (C=O) groups is 1. The standard InChI is InChI=1S/C9H16O2/c1-3-4-5-8-6-9(10)11-7(8)2/h7-8H,3-6H2,1-2H3/t7-,8-/m1/s1. The highest BCUT2D eigenvalue weighted by atomic mass is 16.5. The largest absolute Gasteiger partial charge is 0.462 e. The van der Waals surface area contributed by atoms with E-state index in [1.54, 1.807) is 0 Å². The fourth-order valence-electron chi connectivity index (χ4n) is 1.53. The Bertz CT molecular complexity index is 142. The molecule has 1 fully saturated rings. The van der Waals surface area contributed by atoms with E-state index in [-0.39, 0.29) is 12.1 Å². The maximum Gasteiger partial charge on any atom is 0.306 e. The second-order valence-corrected chi connectivity index (χ2v) is 3.30. The summed E-state index contributed by atoms with van der Waals surface area (Å²) in [5, 5.41) is 0. The number of ether oxygens (including phenoxy) is 1. The van der Waals surface area contributed by atoms with E-state index < -0.39 is 0 Å². The number of hydrogen-bond donors (Lipinski definition) is 0. The van der Waals surface area contributed by atoms with E-state index in [1.165, 1.54) is 12.8 Å². The summed E-state index contributed by atoms with van der Waals surface area (Å²) < 4.78 is 5.03. The number of unbranched alkanes of at least 4 members (excludes halogenated alkanes) is 1. The summed E-state index contributed by atoms with van der Waals surface area (Å²) in [5.74, 6) is 0.473. The minimum absolute atomic E-state index is 0.0152. The van der Waals surface area contributed by atoms with Gasteiger partial charge in [0.2, 0.25) is 0 Å². The predicted molar refractivity (Wildman–Crippen MR) is 43.2 cm³/mol. The third kappa shape index (κ3) is 2.21. The number of esters is 1. The molecule has 0 bridgehead atoms.